The van der Waals surface area contributed by atoms with Crippen LogP contribution in [0.2, 0.25) is 0 Å². The lowest BCUT2D eigenvalue weighted by Gasteiger charge is -2.37. The molecule has 1 amide bonds. The van der Waals surface area contributed by atoms with Crippen molar-refractivity contribution >= 4 is 29.4 Å². The Bertz CT molecular complexity index is 1160. The van der Waals surface area contributed by atoms with E-state index in [1.165, 1.54) is 0 Å². The number of amides is 1. The van der Waals surface area contributed by atoms with E-state index in [9.17, 15) is 14.7 Å². The third-order valence-electron chi connectivity index (χ3n) is 5.25. The first-order valence-corrected chi connectivity index (χ1v) is 11.6. The van der Waals surface area contributed by atoms with Gasteiger partial charge in [0, 0.05) is 11.8 Å². The molecule has 0 aliphatic rings. The number of nitrogens with one attached hydrogen (secondary N) is 2. The minimum Gasteiger partial charge on any atom is -0.479 e. The van der Waals surface area contributed by atoms with E-state index >= 15 is 0 Å². The summed E-state index contributed by atoms with van der Waals surface area (Å²) in [6, 6.07) is 22.0. The van der Waals surface area contributed by atoms with E-state index in [1.54, 1.807) is 18.3 Å². The van der Waals surface area contributed by atoms with Gasteiger partial charge in [0.2, 0.25) is 0 Å². The summed E-state index contributed by atoms with van der Waals surface area (Å²) in [6.07, 6.45) is 1.14. The molecule has 0 saturated carbocycles. The molecule has 182 valence electrons. The Morgan fingerprint density at radius 2 is 1.63 bits per heavy atom. The second-order valence-corrected chi connectivity index (χ2v) is 9.79. The highest BCUT2D eigenvalue weighted by Gasteiger charge is 2.44. The average Bonchev–Trinajstić information content (AvgIpc) is 2.82. The Hall–Kier alpha value is -3.78. The van der Waals surface area contributed by atoms with Gasteiger partial charge in [-0.25, -0.2) is 9.59 Å². The standard InChI is InChI=1S/C27H29N3O4S/c1-26(2,3)18-27(23(31)32,21-14-12-20(13-15-21)22-11-7-8-16-28-22)30-24(35)29-25(33)34-17-19-9-5-4-6-10-19/h4-16H,17-18H2,1-3H3,(H,31,32)(H2,29,30,33,35)/t27-/m1/s1. The summed E-state index contributed by atoms with van der Waals surface area (Å²) in [6.45, 7) is 5.90. The van der Waals surface area contributed by atoms with Gasteiger partial charge in [-0.2, -0.15) is 0 Å². The number of pyridine rings is 1. The number of nitrogens with zero attached hydrogens (tertiary/aromatic N) is 1. The summed E-state index contributed by atoms with van der Waals surface area (Å²) in [4.78, 5) is 29.3. The molecule has 3 rings (SSSR count). The molecule has 0 unspecified atom stereocenters. The minimum absolute atomic E-state index is 0.0658. The lowest BCUT2D eigenvalue weighted by Crippen LogP contribution is -2.57. The van der Waals surface area contributed by atoms with Crippen LogP contribution in [0.15, 0.2) is 79.0 Å². The third-order valence-corrected chi connectivity index (χ3v) is 5.46. The molecule has 1 aromatic heterocycles. The molecule has 3 N–H and O–H groups in total. The lowest BCUT2D eigenvalue weighted by atomic mass is 9.75. The molecule has 0 bridgehead atoms. The maximum atomic E-state index is 12.7. The predicted molar refractivity (Wildman–Crippen MR) is 139 cm³/mol. The summed E-state index contributed by atoms with van der Waals surface area (Å²) in [7, 11) is 0. The molecule has 8 heteroatoms. The van der Waals surface area contributed by atoms with Crippen LogP contribution in [0.3, 0.4) is 0 Å². The largest absolute Gasteiger partial charge is 0.479 e. The van der Waals surface area contributed by atoms with E-state index in [4.69, 9.17) is 17.0 Å². The van der Waals surface area contributed by atoms with E-state index in [0.29, 0.717) is 5.56 Å². The fourth-order valence-corrected chi connectivity index (χ4v) is 4.06. The molecule has 1 heterocycles. The number of carboxylic acid groups (broad SMARTS) is 1. The van der Waals surface area contributed by atoms with Crippen molar-refractivity contribution in [1.82, 2.24) is 15.6 Å². The summed E-state index contributed by atoms with van der Waals surface area (Å²) in [5, 5.41) is 15.6. The van der Waals surface area contributed by atoms with Crippen molar-refractivity contribution < 1.29 is 19.4 Å². The van der Waals surface area contributed by atoms with E-state index in [-0.39, 0.29) is 23.6 Å². The Kier molecular flexibility index (Phi) is 8.19. The topological polar surface area (TPSA) is 101 Å². The van der Waals surface area contributed by atoms with Crippen LogP contribution in [0.25, 0.3) is 11.3 Å². The maximum absolute atomic E-state index is 12.7. The quantitative estimate of drug-likeness (QED) is 0.387. The van der Waals surface area contributed by atoms with Crippen LogP contribution >= 0.6 is 12.2 Å². The molecular formula is C27H29N3O4S. The van der Waals surface area contributed by atoms with Crippen molar-refractivity contribution in [3.05, 3.63) is 90.1 Å². The van der Waals surface area contributed by atoms with Gasteiger partial charge in [0.15, 0.2) is 10.7 Å². The Labute approximate surface area is 210 Å². The van der Waals surface area contributed by atoms with Gasteiger partial charge in [0.1, 0.15) is 6.61 Å². The molecule has 1 atom stereocenters. The number of aliphatic carboxylic acids is 1. The first kappa shape index (κ1) is 25.8. The van der Waals surface area contributed by atoms with Gasteiger partial charge in [0.25, 0.3) is 0 Å². The van der Waals surface area contributed by atoms with Crippen LogP contribution < -0.4 is 10.6 Å². The zero-order valence-corrected chi connectivity index (χ0v) is 20.8. The van der Waals surface area contributed by atoms with Crippen molar-refractivity contribution in [3.8, 4) is 11.3 Å². The minimum atomic E-state index is -1.58. The normalized spacial score (nSPS) is 12.8. The van der Waals surface area contributed by atoms with Crippen molar-refractivity contribution in [2.45, 2.75) is 39.3 Å². The molecule has 0 radical (unpaired) electrons. The molecular weight excluding hydrogens is 462 g/mol. The number of rotatable bonds is 7. The molecule has 2 aromatic carbocycles. The number of carbonyl (C=O) groups is 2. The molecule has 3 aromatic rings. The van der Waals surface area contributed by atoms with Crippen LogP contribution in [0.1, 0.15) is 38.3 Å². The van der Waals surface area contributed by atoms with Crippen LogP contribution in [-0.2, 0) is 21.7 Å². The average molecular weight is 492 g/mol. The van der Waals surface area contributed by atoms with Gasteiger partial charge < -0.3 is 15.2 Å². The summed E-state index contributed by atoms with van der Waals surface area (Å²) >= 11 is 5.32. The van der Waals surface area contributed by atoms with Gasteiger partial charge in [0.05, 0.1) is 5.69 Å². The number of hydrogen-bond donors (Lipinski definition) is 3. The van der Waals surface area contributed by atoms with Crippen molar-refractivity contribution in [3.63, 3.8) is 0 Å². The number of carbonyl (C=O) groups excluding carboxylic acids is 1. The first-order valence-electron chi connectivity index (χ1n) is 11.1. The molecule has 0 aliphatic carbocycles. The van der Waals surface area contributed by atoms with Crippen LogP contribution in [0.4, 0.5) is 4.79 Å². The van der Waals surface area contributed by atoms with Crippen LogP contribution in [-0.4, -0.2) is 27.3 Å². The van der Waals surface area contributed by atoms with E-state index in [0.717, 1.165) is 16.8 Å². The number of carboxylic acids is 1. The van der Waals surface area contributed by atoms with Crippen LogP contribution in [0, 0.1) is 5.41 Å². The summed E-state index contributed by atoms with van der Waals surface area (Å²) in [5.74, 6) is -1.11. The fraction of sp³-hybridized carbons (Fsp3) is 0.259. The molecule has 7 nitrogen and oxygen atoms in total. The van der Waals surface area contributed by atoms with E-state index in [2.05, 4.69) is 15.6 Å². The zero-order valence-electron chi connectivity index (χ0n) is 19.9. The number of aromatic nitrogens is 1. The van der Waals surface area contributed by atoms with Crippen molar-refractivity contribution in [2.24, 2.45) is 5.41 Å². The molecule has 0 aliphatic heterocycles. The van der Waals surface area contributed by atoms with Gasteiger partial charge in [-0.1, -0.05) is 81.4 Å². The molecule has 0 spiro atoms. The summed E-state index contributed by atoms with van der Waals surface area (Å²) in [5.41, 5.74) is 0.999. The number of benzene rings is 2. The van der Waals surface area contributed by atoms with Gasteiger partial charge in [-0.15, -0.1) is 0 Å². The Balaban J connectivity index is 1.81. The molecule has 0 fully saturated rings. The van der Waals surface area contributed by atoms with Gasteiger partial charge >= 0.3 is 12.1 Å². The van der Waals surface area contributed by atoms with Crippen molar-refractivity contribution in [1.29, 1.82) is 0 Å². The smallest absolute Gasteiger partial charge is 0.413 e. The first-order chi connectivity index (χ1) is 16.6. The second kappa shape index (κ2) is 11.1. The Morgan fingerprint density at radius 1 is 0.971 bits per heavy atom. The monoisotopic (exact) mass is 491 g/mol. The van der Waals surface area contributed by atoms with E-state index in [1.807, 2.05) is 81.4 Å². The number of hydrogen-bond acceptors (Lipinski definition) is 5. The predicted octanol–water partition coefficient (Wildman–Crippen LogP) is 5.27. The van der Waals surface area contributed by atoms with Gasteiger partial charge in [-0.05, 0) is 47.3 Å². The zero-order chi connectivity index (χ0) is 25.5. The highest BCUT2D eigenvalue weighted by atomic mass is 32.1. The fourth-order valence-electron chi connectivity index (χ4n) is 3.80. The van der Waals surface area contributed by atoms with Crippen LogP contribution in [0.5, 0.6) is 0 Å². The summed E-state index contributed by atoms with van der Waals surface area (Å²) < 4.78 is 5.21. The molecule has 0 saturated heterocycles. The third kappa shape index (κ3) is 7.10. The van der Waals surface area contributed by atoms with Gasteiger partial charge in [-0.3, -0.25) is 10.3 Å². The number of thiocarbonyl (C=S) groups is 1. The number of alkyl carbamates (subject to hydrolysis) is 1. The SMILES string of the molecule is CC(C)(C)C[C@](NC(=S)NC(=O)OCc1ccccc1)(C(=O)O)c1ccc(-c2ccccn2)cc1. The van der Waals surface area contributed by atoms with E-state index < -0.39 is 17.6 Å². The van der Waals surface area contributed by atoms with Crippen molar-refractivity contribution in [2.75, 3.05) is 0 Å². The maximum Gasteiger partial charge on any atom is 0.413 e. The lowest BCUT2D eigenvalue weighted by molar-refractivity contribution is -0.146. The number of ether oxygens (including phenoxy) is 1. The highest BCUT2D eigenvalue weighted by Crippen LogP contribution is 2.36. The highest BCUT2D eigenvalue weighted by molar-refractivity contribution is 7.80. The second-order valence-electron chi connectivity index (χ2n) is 9.38. The molecule has 35 heavy (non-hydrogen) atoms. The Morgan fingerprint density at radius 3 is 2.20 bits per heavy atom.